The summed E-state index contributed by atoms with van der Waals surface area (Å²) in [5, 5.41) is 8.99. The second-order valence-electron chi connectivity index (χ2n) is 5.63. The van der Waals surface area contributed by atoms with Gasteiger partial charge in [-0.2, -0.15) is 0 Å². The maximum atomic E-state index is 8.99. The molecule has 2 aliphatic rings. The molecule has 3 unspecified atom stereocenters. The summed E-state index contributed by atoms with van der Waals surface area (Å²) in [5.74, 6) is 1.45. The van der Waals surface area contributed by atoms with Gasteiger partial charge in [0, 0.05) is 25.7 Å². The lowest BCUT2D eigenvalue weighted by Crippen LogP contribution is -2.41. The fraction of sp³-hybridized carbons (Fsp3) is 1.00. The monoisotopic (exact) mass is 226 g/mol. The maximum Gasteiger partial charge on any atom is 0.0434 e. The standard InChI is InChI=1S/C13H26N2O/c14-13-5-1-4-12(13)10-15-7-2-3-11(9-15)6-8-16/h11-13,16H,1-10,14H2. The van der Waals surface area contributed by atoms with Crippen molar-refractivity contribution < 1.29 is 5.11 Å². The molecule has 0 aromatic rings. The van der Waals surface area contributed by atoms with E-state index >= 15 is 0 Å². The third kappa shape index (κ3) is 3.19. The molecule has 3 heteroatoms. The van der Waals surface area contributed by atoms with Gasteiger partial charge in [0.15, 0.2) is 0 Å². The van der Waals surface area contributed by atoms with Crippen LogP contribution in [0.15, 0.2) is 0 Å². The lowest BCUT2D eigenvalue weighted by molar-refractivity contribution is 0.129. The Hall–Kier alpha value is -0.120. The van der Waals surface area contributed by atoms with Crippen LogP contribution in [0.5, 0.6) is 0 Å². The van der Waals surface area contributed by atoms with E-state index in [1.807, 2.05) is 0 Å². The van der Waals surface area contributed by atoms with Crippen LogP contribution in [0.3, 0.4) is 0 Å². The molecule has 3 nitrogen and oxygen atoms in total. The number of nitrogens with zero attached hydrogens (tertiary/aromatic N) is 1. The molecule has 16 heavy (non-hydrogen) atoms. The zero-order chi connectivity index (χ0) is 11.4. The van der Waals surface area contributed by atoms with Gasteiger partial charge in [-0.3, -0.25) is 0 Å². The van der Waals surface area contributed by atoms with Crippen molar-refractivity contribution in [2.24, 2.45) is 17.6 Å². The molecule has 1 saturated heterocycles. The number of aliphatic hydroxyl groups excluding tert-OH is 1. The molecule has 0 bridgehead atoms. The fourth-order valence-corrected chi connectivity index (χ4v) is 3.36. The van der Waals surface area contributed by atoms with Crippen LogP contribution in [0, 0.1) is 11.8 Å². The van der Waals surface area contributed by atoms with Crippen LogP contribution in [0.1, 0.15) is 38.5 Å². The topological polar surface area (TPSA) is 49.5 Å². The van der Waals surface area contributed by atoms with Crippen molar-refractivity contribution in [1.29, 1.82) is 0 Å². The molecule has 1 aliphatic heterocycles. The smallest absolute Gasteiger partial charge is 0.0434 e. The van der Waals surface area contributed by atoms with E-state index in [0.29, 0.717) is 12.6 Å². The highest BCUT2D eigenvalue weighted by Gasteiger charge is 2.28. The summed E-state index contributed by atoms with van der Waals surface area (Å²) in [5.41, 5.74) is 6.12. The minimum absolute atomic E-state index is 0.349. The Morgan fingerprint density at radius 3 is 2.75 bits per heavy atom. The number of aliphatic hydroxyl groups is 1. The van der Waals surface area contributed by atoms with E-state index in [-0.39, 0.29) is 0 Å². The first-order valence-corrected chi connectivity index (χ1v) is 6.88. The molecule has 0 aromatic heterocycles. The molecule has 0 amide bonds. The highest BCUT2D eigenvalue weighted by molar-refractivity contribution is 4.84. The van der Waals surface area contributed by atoms with Gasteiger partial charge in [0.2, 0.25) is 0 Å². The van der Waals surface area contributed by atoms with Crippen LogP contribution < -0.4 is 5.73 Å². The molecule has 2 rings (SSSR count). The molecule has 0 aromatic carbocycles. The average Bonchev–Trinajstić information content (AvgIpc) is 2.66. The Labute approximate surface area is 99.0 Å². The molecular weight excluding hydrogens is 200 g/mol. The molecular formula is C13H26N2O. The summed E-state index contributed by atoms with van der Waals surface area (Å²) in [4.78, 5) is 2.58. The Morgan fingerprint density at radius 2 is 2.06 bits per heavy atom. The third-order valence-corrected chi connectivity index (χ3v) is 4.35. The van der Waals surface area contributed by atoms with E-state index in [4.69, 9.17) is 10.8 Å². The van der Waals surface area contributed by atoms with Gasteiger partial charge in [0.1, 0.15) is 0 Å². The highest BCUT2D eigenvalue weighted by atomic mass is 16.3. The fourth-order valence-electron chi connectivity index (χ4n) is 3.36. The normalized spacial score (nSPS) is 36.8. The zero-order valence-electron chi connectivity index (χ0n) is 10.3. The van der Waals surface area contributed by atoms with Crippen molar-refractivity contribution in [2.45, 2.75) is 44.6 Å². The number of hydrogen-bond donors (Lipinski definition) is 2. The van der Waals surface area contributed by atoms with Crippen molar-refractivity contribution >= 4 is 0 Å². The second-order valence-corrected chi connectivity index (χ2v) is 5.63. The van der Waals surface area contributed by atoms with Crippen LogP contribution in [0.25, 0.3) is 0 Å². The van der Waals surface area contributed by atoms with Crippen LogP contribution in [-0.2, 0) is 0 Å². The number of rotatable bonds is 4. The van der Waals surface area contributed by atoms with Gasteiger partial charge >= 0.3 is 0 Å². The predicted molar refractivity (Wildman–Crippen MR) is 66.2 cm³/mol. The van der Waals surface area contributed by atoms with Crippen LogP contribution >= 0.6 is 0 Å². The van der Waals surface area contributed by atoms with Crippen molar-refractivity contribution in [3.63, 3.8) is 0 Å². The predicted octanol–water partition coefficient (Wildman–Crippen LogP) is 1.21. The number of nitrogens with two attached hydrogens (primary N) is 1. The summed E-state index contributed by atoms with van der Waals surface area (Å²) in [6, 6.07) is 0.443. The molecule has 0 spiro atoms. The van der Waals surface area contributed by atoms with Crippen LogP contribution in [0.4, 0.5) is 0 Å². The zero-order valence-corrected chi connectivity index (χ0v) is 10.3. The first-order chi connectivity index (χ1) is 7.79. The van der Waals surface area contributed by atoms with Gasteiger partial charge in [0.25, 0.3) is 0 Å². The SMILES string of the molecule is NC1CCCC1CN1CCCC(CCO)C1. The highest BCUT2D eigenvalue weighted by Crippen LogP contribution is 2.27. The molecule has 1 saturated carbocycles. The summed E-state index contributed by atoms with van der Waals surface area (Å²) in [6.07, 6.45) is 7.44. The van der Waals surface area contributed by atoms with Crippen molar-refractivity contribution in [3.8, 4) is 0 Å². The van der Waals surface area contributed by atoms with Gasteiger partial charge in [-0.1, -0.05) is 6.42 Å². The molecule has 2 fully saturated rings. The molecule has 94 valence electrons. The van der Waals surface area contributed by atoms with E-state index in [1.54, 1.807) is 0 Å². The van der Waals surface area contributed by atoms with Crippen LogP contribution in [0.2, 0.25) is 0 Å². The third-order valence-electron chi connectivity index (χ3n) is 4.35. The Kier molecular flexibility index (Phi) is 4.62. The summed E-state index contributed by atoms with van der Waals surface area (Å²) < 4.78 is 0. The van der Waals surface area contributed by atoms with E-state index in [0.717, 1.165) is 18.3 Å². The minimum Gasteiger partial charge on any atom is -0.396 e. The number of piperidine rings is 1. The minimum atomic E-state index is 0.349. The molecule has 1 heterocycles. The Morgan fingerprint density at radius 1 is 1.19 bits per heavy atom. The van der Waals surface area contributed by atoms with E-state index < -0.39 is 0 Å². The van der Waals surface area contributed by atoms with Crippen LogP contribution in [-0.4, -0.2) is 42.3 Å². The van der Waals surface area contributed by atoms with Gasteiger partial charge in [-0.15, -0.1) is 0 Å². The molecule has 3 N–H and O–H groups in total. The van der Waals surface area contributed by atoms with E-state index in [1.165, 1.54) is 51.7 Å². The van der Waals surface area contributed by atoms with Gasteiger partial charge in [-0.25, -0.2) is 0 Å². The first-order valence-electron chi connectivity index (χ1n) is 6.88. The van der Waals surface area contributed by atoms with Gasteiger partial charge in [0.05, 0.1) is 0 Å². The second kappa shape index (κ2) is 5.99. The Balaban J connectivity index is 1.76. The molecule has 0 radical (unpaired) electrons. The Bertz CT molecular complexity index is 208. The van der Waals surface area contributed by atoms with Gasteiger partial charge in [-0.05, 0) is 50.5 Å². The van der Waals surface area contributed by atoms with Crippen molar-refractivity contribution in [2.75, 3.05) is 26.2 Å². The van der Waals surface area contributed by atoms with E-state index in [2.05, 4.69) is 4.90 Å². The van der Waals surface area contributed by atoms with Gasteiger partial charge < -0.3 is 15.7 Å². The lowest BCUT2D eigenvalue weighted by atomic mass is 9.93. The molecule has 3 atom stereocenters. The summed E-state index contributed by atoms with van der Waals surface area (Å²) >= 11 is 0. The molecule has 1 aliphatic carbocycles. The number of hydrogen-bond acceptors (Lipinski definition) is 3. The summed E-state index contributed by atoms with van der Waals surface area (Å²) in [7, 11) is 0. The largest absolute Gasteiger partial charge is 0.396 e. The lowest BCUT2D eigenvalue weighted by Gasteiger charge is -2.35. The maximum absolute atomic E-state index is 8.99. The average molecular weight is 226 g/mol. The first kappa shape index (κ1) is 12.3. The van der Waals surface area contributed by atoms with Crippen molar-refractivity contribution in [1.82, 2.24) is 4.90 Å². The van der Waals surface area contributed by atoms with E-state index in [9.17, 15) is 0 Å². The summed E-state index contributed by atoms with van der Waals surface area (Å²) in [6.45, 7) is 3.97. The quantitative estimate of drug-likeness (QED) is 0.757. The van der Waals surface area contributed by atoms with Crippen molar-refractivity contribution in [3.05, 3.63) is 0 Å². The number of likely N-dealkylation sites (tertiary alicyclic amines) is 1.